The van der Waals surface area contributed by atoms with Crippen molar-refractivity contribution in [2.24, 2.45) is 0 Å². The molecule has 0 saturated heterocycles. The first-order valence-corrected chi connectivity index (χ1v) is 12.7. The molecule has 1 aromatic heterocycles. The maximum Gasteiger partial charge on any atom is 0.257 e. The van der Waals surface area contributed by atoms with E-state index in [9.17, 15) is 9.59 Å². The van der Waals surface area contributed by atoms with Crippen LogP contribution in [0, 0.1) is 0 Å². The van der Waals surface area contributed by atoms with Gasteiger partial charge in [0.1, 0.15) is 18.1 Å². The van der Waals surface area contributed by atoms with Crippen molar-refractivity contribution in [3.8, 4) is 5.75 Å². The number of halogens is 1. The third kappa shape index (κ3) is 6.75. The summed E-state index contributed by atoms with van der Waals surface area (Å²) in [6.07, 6.45) is 7.19. The fraction of sp³-hybridized carbons (Fsp3) is 0.444. The van der Waals surface area contributed by atoms with Gasteiger partial charge in [-0.3, -0.25) is 9.59 Å². The minimum absolute atomic E-state index is 0.0534. The molecule has 0 spiro atoms. The number of amides is 2. The van der Waals surface area contributed by atoms with Crippen LogP contribution < -0.4 is 10.1 Å². The van der Waals surface area contributed by atoms with Crippen LogP contribution in [0.4, 0.5) is 0 Å². The topological polar surface area (TPSA) is 76.5 Å². The summed E-state index contributed by atoms with van der Waals surface area (Å²) in [5, 5.41) is 3.51. The Kier molecular flexibility index (Phi) is 8.64. The lowest BCUT2D eigenvalue weighted by atomic mass is 9.94. The molecule has 3 aromatic rings. The average molecular weight is 497 g/mol. The number of likely N-dealkylation sites (N-methyl/N-ethyl adjacent to an activating group) is 1. The molecular weight excluding hydrogens is 464 g/mol. The molecule has 0 radical (unpaired) electrons. The minimum Gasteiger partial charge on any atom is -0.484 e. The molecule has 1 saturated carbocycles. The lowest BCUT2D eigenvalue weighted by Gasteiger charge is -2.31. The lowest BCUT2D eigenvalue weighted by molar-refractivity contribution is -0.133. The largest absolute Gasteiger partial charge is 0.484 e. The summed E-state index contributed by atoms with van der Waals surface area (Å²) in [4.78, 5) is 32.0. The van der Waals surface area contributed by atoms with E-state index < -0.39 is 0 Å². The van der Waals surface area contributed by atoms with Crippen LogP contribution in [0.2, 0.25) is 5.02 Å². The Hall–Kier alpha value is -3.06. The number of ether oxygens (including phenoxy) is 1. The van der Waals surface area contributed by atoms with Crippen LogP contribution in [0.15, 0.2) is 48.5 Å². The Morgan fingerprint density at radius 2 is 1.86 bits per heavy atom. The quantitative estimate of drug-likeness (QED) is 0.416. The molecule has 1 aliphatic rings. The molecule has 0 bridgehead atoms. The molecule has 7 nitrogen and oxygen atoms in total. The molecule has 0 aliphatic heterocycles. The van der Waals surface area contributed by atoms with Crippen LogP contribution in [0.25, 0.3) is 11.0 Å². The number of aryl methyl sites for hydroxylation is 1. The second-order valence-electron chi connectivity index (χ2n) is 9.10. The van der Waals surface area contributed by atoms with Crippen molar-refractivity contribution in [3.63, 3.8) is 0 Å². The van der Waals surface area contributed by atoms with E-state index in [2.05, 4.69) is 5.32 Å². The summed E-state index contributed by atoms with van der Waals surface area (Å²) in [5.74, 6) is 1.40. The van der Waals surface area contributed by atoms with Gasteiger partial charge in [-0.25, -0.2) is 4.98 Å². The maximum absolute atomic E-state index is 13.1. The van der Waals surface area contributed by atoms with Crippen molar-refractivity contribution in [1.29, 1.82) is 0 Å². The van der Waals surface area contributed by atoms with E-state index in [1.54, 1.807) is 24.3 Å². The Balaban J connectivity index is 1.31. The van der Waals surface area contributed by atoms with Gasteiger partial charge in [0.15, 0.2) is 6.61 Å². The molecule has 8 heteroatoms. The van der Waals surface area contributed by atoms with Crippen LogP contribution in [0.3, 0.4) is 0 Å². The highest BCUT2D eigenvalue weighted by molar-refractivity contribution is 6.30. The van der Waals surface area contributed by atoms with Gasteiger partial charge in [0.05, 0.1) is 11.0 Å². The highest BCUT2D eigenvalue weighted by Gasteiger charge is 2.23. The smallest absolute Gasteiger partial charge is 0.257 e. The molecule has 1 heterocycles. The second-order valence-corrected chi connectivity index (χ2v) is 9.53. The van der Waals surface area contributed by atoms with Crippen LogP contribution in [0.5, 0.6) is 5.75 Å². The molecule has 2 aromatic carbocycles. The molecule has 35 heavy (non-hydrogen) atoms. The number of para-hydroxylation sites is 2. The Morgan fingerprint density at radius 3 is 2.63 bits per heavy atom. The van der Waals surface area contributed by atoms with Gasteiger partial charge in [-0.05, 0) is 55.7 Å². The molecule has 1 N–H and O–H groups in total. The summed E-state index contributed by atoms with van der Waals surface area (Å²) in [5.41, 5.74) is 1.85. The number of carbonyl (C=O) groups excluding carboxylic acids is 2. The number of imidazole rings is 1. The monoisotopic (exact) mass is 496 g/mol. The first kappa shape index (κ1) is 25.0. The van der Waals surface area contributed by atoms with E-state index in [0.717, 1.165) is 29.7 Å². The molecule has 2 amide bonds. The highest BCUT2D eigenvalue weighted by Crippen LogP contribution is 2.23. The molecule has 0 atom stereocenters. The predicted octanol–water partition coefficient (Wildman–Crippen LogP) is 4.61. The van der Waals surface area contributed by atoms with Gasteiger partial charge in [-0.2, -0.15) is 0 Å². The van der Waals surface area contributed by atoms with Crippen LogP contribution in [-0.4, -0.2) is 52.5 Å². The minimum atomic E-state index is -0.183. The summed E-state index contributed by atoms with van der Waals surface area (Å²) in [6, 6.07) is 15.1. The zero-order valence-electron chi connectivity index (χ0n) is 20.2. The van der Waals surface area contributed by atoms with Crippen molar-refractivity contribution >= 4 is 34.4 Å². The summed E-state index contributed by atoms with van der Waals surface area (Å²) < 4.78 is 7.51. The molecule has 1 fully saturated rings. The average Bonchev–Trinajstić information content (AvgIpc) is 3.23. The number of benzene rings is 2. The number of nitrogens with zero attached hydrogens (tertiary/aromatic N) is 3. The van der Waals surface area contributed by atoms with Gasteiger partial charge >= 0.3 is 0 Å². The summed E-state index contributed by atoms with van der Waals surface area (Å²) >= 11 is 5.86. The van der Waals surface area contributed by atoms with Crippen LogP contribution in [-0.2, 0) is 22.6 Å². The van der Waals surface area contributed by atoms with Gasteiger partial charge in [-0.1, -0.05) is 43.0 Å². The van der Waals surface area contributed by atoms with Gasteiger partial charge in [0.2, 0.25) is 5.91 Å². The number of hydrogen-bond acceptors (Lipinski definition) is 4. The zero-order chi connectivity index (χ0) is 24.6. The first-order valence-electron chi connectivity index (χ1n) is 12.4. The Morgan fingerprint density at radius 1 is 1.11 bits per heavy atom. The maximum atomic E-state index is 13.1. The number of aromatic nitrogens is 2. The van der Waals surface area contributed by atoms with E-state index in [1.807, 2.05) is 40.8 Å². The van der Waals surface area contributed by atoms with E-state index in [0.29, 0.717) is 36.2 Å². The fourth-order valence-corrected chi connectivity index (χ4v) is 4.74. The highest BCUT2D eigenvalue weighted by atomic mass is 35.5. The van der Waals surface area contributed by atoms with Crippen molar-refractivity contribution in [3.05, 3.63) is 59.4 Å². The van der Waals surface area contributed by atoms with E-state index in [4.69, 9.17) is 21.3 Å². The normalized spacial score (nSPS) is 14.1. The standard InChI is InChI=1S/C27H33ClN4O3/c1-31(21-8-3-2-4-9-21)27(34)18-32-24-11-6-5-10-23(24)30-25(32)12-7-17-29-26(33)19-35-22-15-13-20(28)14-16-22/h5-6,10-11,13-16,21H,2-4,7-9,12,17-19H2,1H3,(H,29,33). The van der Waals surface area contributed by atoms with Gasteiger partial charge in [0.25, 0.3) is 5.91 Å². The van der Waals surface area contributed by atoms with Crippen molar-refractivity contribution < 1.29 is 14.3 Å². The number of hydrogen-bond donors (Lipinski definition) is 1. The van der Waals surface area contributed by atoms with Gasteiger partial charge in [0, 0.05) is 31.1 Å². The fourth-order valence-electron chi connectivity index (χ4n) is 4.62. The van der Waals surface area contributed by atoms with Crippen LogP contribution in [0.1, 0.15) is 44.3 Å². The van der Waals surface area contributed by atoms with Crippen molar-refractivity contribution in [2.45, 2.75) is 57.5 Å². The SMILES string of the molecule is CN(C(=O)Cn1c(CCCNC(=O)COc2ccc(Cl)cc2)nc2ccccc21)C1CCCCC1. The van der Waals surface area contributed by atoms with Crippen LogP contribution >= 0.6 is 11.6 Å². The number of rotatable bonds is 10. The first-order chi connectivity index (χ1) is 17.0. The Labute approximate surface area is 211 Å². The number of fused-ring (bicyclic) bond motifs is 1. The molecular formula is C27H33ClN4O3. The third-order valence-electron chi connectivity index (χ3n) is 6.63. The molecule has 186 valence electrons. The van der Waals surface area contributed by atoms with Gasteiger partial charge < -0.3 is 19.5 Å². The zero-order valence-corrected chi connectivity index (χ0v) is 21.0. The van der Waals surface area contributed by atoms with Crippen molar-refractivity contribution in [2.75, 3.05) is 20.2 Å². The molecule has 4 rings (SSSR count). The summed E-state index contributed by atoms with van der Waals surface area (Å²) in [7, 11) is 1.93. The summed E-state index contributed by atoms with van der Waals surface area (Å²) in [6.45, 7) is 0.730. The second kappa shape index (κ2) is 12.1. The van der Waals surface area contributed by atoms with E-state index in [-0.39, 0.29) is 25.0 Å². The number of carbonyl (C=O) groups is 2. The van der Waals surface area contributed by atoms with E-state index >= 15 is 0 Å². The third-order valence-corrected chi connectivity index (χ3v) is 6.88. The van der Waals surface area contributed by atoms with Crippen molar-refractivity contribution in [1.82, 2.24) is 19.8 Å². The van der Waals surface area contributed by atoms with E-state index in [1.165, 1.54) is 19.3 Å². The predicted molar refractivity (Wildman–Crippen MR) is 138 cm³/mol. The molecule has 1 aliphatic carbocycles. The Bertz CT molecular complexity index is 1140. The lowest BCUT2D eigenvalue weighted by Crippen LogP contribution is -2.40. The molecule has 0 unspecified atom stereocenters. The van der Waals surface area contributed by atoms with Gasteiger partial charge in [-0.15, -0.1) is 0 Å². The number of nitrogens with one attached hydrogen (secondary N) is 1.